The Labute approximate surface area is 58.6 Å². The minimum atomic E-state index is -1.12. The first-order valence-electron chi connectivity index (χ1n) is 3.27. The van der Waals surface area contributed by atoms with Crippen LogP contribution in [0.1, 0.15) is 19.3 Å². The number of hydrogen-bond donors (Lipinski definition) is 3. The fourth-order valence-electron chi connectivity index (χ4n) is 1.08. The topological polar surface area (TPSA) is 83.6 Å². The molecule has 0 aliphatic heterocycles. The smallest absolute Gasteiger partial charge is 0.323 e. The van der Waals surface area contributed by atoms with Gasteiger partial charge in [-0.05, 0) is 19.3 Å². The van der Waals surface area contributed by atoms with Gasteiger partial charge in [0.2, 0.25) is 0 Å². The van der Waals surface area contributed by atoms with Crippen molar-refractivity contribution in [2.45, 2.75) is 30.9 Å². The van der Waals surface area contributed by atoms with E-state index in [0.29, 0.717) is 12.8 Å². The summed E-state index contributed by atoms with van der Waals surface area (Å²) in [5, 5.41) is 17.7. The average Bonchev–Trinajstić information content (AvgIpc) is 1.81. The maximum absolute atomic E-state index is 10.3. The Morgan fingerprint density at radius 2 is 2.10 bits per heavy atom. The predicted molar refractivity (Wildman–Crippen MR) is 34.4 cm³/mol. The summed E-state index contributed by atoms with van der Waals surface area (Å²) >= 11 is 0. The molecule has 0 radical (unpaired) electrons. The van der Waals surface area contributed by atoms with E-state index in [-0.39, 0.29) is 0 Å². The molecule has 0 aromatic rings. The minimum Gasteiger partial charge on any atom is -0.480 e. The van der Waals surface area contributed by atoms with Crippen LogP contribution in [-0.4, -0.2) is 27.8 Å². The largest absolute Gasteiger partial charge is 0.480 e. The van der Waals surface area contributed by atoms with Crippen LogP contribution in [0, 0.1) is 0 Å². The summed E-state index contributed by atoms with van der Waals surface area (Å²) in [5.41, 5.74) is 4.09. The van der Waals surface area contributed by atoms with Gasteiger partial charge in [-0.15, -0.1) is 0 Å². The van der Waals surface area contributed by atoms with Gasteiger partial charge in [-0.1, -0.05) is 0 Å². The van der Waals surface area contributed by atoms with Gasteiger partial charge < -0.3 is 15.9 Å². The summed E-state index contributed by atoms with van der Waals surface area (Å²) in [6, 6.07) is -1.11. The Bertz CT molecular complexity index is 153. The van der Waals surface area contributed by atoms with E-state index in [4.69, 9.17) is 10.8 Å². The van der Waals surface area contributed by atoms with Gasteiger partial charge >= 0.3 is 5.97 Å². The van der Waals surface area contributed by atoms with Crippen LogP contribution in [0.25, 0.3) is 0 Å². The summed E-state index contributed by atoms with van der Waals surface area (Å²) in [4.78, 5) is 10.3. The van der Waals surface area contributed by atoms with Crippen LogP contribution in [0.15, 0.2) is 0 Å². The normalized spacial score (nSPS) is 25.0. The second-order valence-electron chi connectivity index (χ2n) is 2.77. The van der Waals surface area contributed by atoms with Gasteiger partial charge in [0.1, 0.15) is 6.04 Å². The van der Waals surface area contributed by atoms with Gasteiger partial charge in [0.15, 0.2) is 0 Å². The molecule has 0 aromatic heterocycles. The number of nitrogens with two attached hydrogens (primary N) is 1. The van der Waals surface area contributed by atoms with Crippen molar-refractivity contribution < 1.29 is 15.0 Å². The van der Waals surface area contributed by atoms with E-state index in [9.17, 15) is 9.90 Å². The second kappa shape index (κ2) is 2.21. The zero-order valence-corrected chi connectivity index (χ0v) is 5.58. The van der Waals surface area contributed by atoms with Crippen LogP contribution in [0.5, 0.6) is 0 Å². The SMILES string of the molecule is NC(C(=O)O)C1(O)CCC1. The zero-order chi connectivity index (χ0) is 7.78. The molecule has 0 heterocycles. The van der Waals surface area contributed by atoms with Gasteiger partial charge in [0, 0.05) is 0 Å². The summed E-state index contributed by atoms with van der Waals surface area (Å²) in [5.74, 6) is -1.12. The zero-order valence-electron chi connectivity index (χ0n) is 5.58. The molecule has 1 unspecified atom stereocenters. The Morgan fingerprint density at radius 1 is 1.60 bits per heavy atom. The van der Waals surface area contributed by atoms with E-state index in [1.165, 1.54) is 0 Å². The molecule has 4 nitrogen and oxygen atoms in total. The lowest BCUT2D eigenvalue weighted by atomic mass is 9.75. The summed E-state index contributed by atoms with van der Waals surface area (Å²) in [6.07, 6.45) is 1.90. The van der Waals surface area contributed by atoms with Crippen LogP contribution in [-0.2, 0) is 4.79 Å². The van der Waals surface area contributed by atoms with Crippen molar-refractivity contribution in [3.8, 4) is 0 Å². The van der Waals surface area contributed by atoms with Gasteiger partial charge in [-0.25, -0.2) is 0 Å². The number of rotatable bonds is 2. The van der Waals surface area contributed by atoms with Crippen LogP contribution in [0.2, 0.25) is 0 Å². The maximum Gasteiger partial charge on any atom is 0.323 e. The third kappa shape index (κ3) is 0.998. The monoisotopic (exact) mass is 145 g/mol. The summed E-state index contributed by atoms with van der Waals surface area (Å²) in [6.45, 7) is 0. The van der Waals surface area contributed by atoms with E-state index in [0.717, 1.165) is 6.42 Å². The van der Waals surface area contributed by atoms with Gasteiger partial charge in [-0.3, -0.25) is 4.79 Å². The molecule has 0 spiro atoms. The second-order valence-corrected chi connectivity index (χ2v) is 2.77. The molecule has 4 heteroatoms. The average molecular weight is 145 g/mol. The highest BCUT2D eigenvalue weighted by molar-refractivity contribution is 5.75. The number of carbonyl (C=O) groups is 1. The number of hydrogen-bond acceptors (Lipinski definition) is 3. The lowest BCUT2D eigenvalue weighted by Crippen LogP contribution is -2.56. The van der Waals surface area contributed by atoms with Crippen molar-refractivity contribution in [2.75, 3.05) is 0 Å². The van der Waals surface area contributed by atoms with E-state index in [2.05, 4.69) is 0 Å². The highest BCUT2D eigenvalue weighted by Gasteiger charge is 2.43. The molecule has 10 heavy (non-hydrogen) atoms. The summed E-state index contributed by atoms with van der Waals surface area (Å²) in [7, 11) is 0. The highest BCUT2D eigenvalue weighted by atomic mass is 16.4. The molecular weight excluding hydrogens is 134 g/mol. The number of aliphatic hydroxyl groups is 1. The standard InChI is InChI=1S/C6H11NO3/c7-4(5(8)9)6(10)2-1-3-6/h4,10H,1-3,7H2,(H,8,9). The van der Waals surface area contributed by atoms with Crippen LogP contribution < -0.4 is 5.73 Å². The number of carboxylic acids is 1. The minimum absolute atomic E-state index is 0.514. The van der Waals surface area contributed by atoms with E-state index in [1.54, 1.807) is 0 Å². The molecule has 0 saturated heterocycles. The third-order valence-electron chi connectivity index (χ3n) is 2.06. The lowest BCUT2D eigenvalue weighted by Gasteiger charge is -2.39. The molecule has 1 fully saturated rings. The molecule has 1 saturated carbocycles. The van der Waals surface area contributed by atoms with Gasteiger partial charge in [-0.2, -0.15) is 0 Å². The highest BCUT2D eigenvalue weighted by Crippen LogP contribution is 2.33. The number of carboxylic acid groups (broad SMARTS) is 1. The molecule has 0 aromatic carbocycles. The van der Waals surface area contributed by atoms with Gasteiger partial charge in [0.05, 0.1) is 5.60 Å². The predicted octanol–water partition coefficient (Wildman–Crippen LogP) is -0.687. The Hall–Kier alpha value is -0.610. The third-order valence-corrected chi connectivity index (χ3v) is 2.06. The molecule has 0 amide bonds. The van der Waals surface area contributed by atoms with Crippen molar-refractivity contribution in [3.63, 3.8) is 0 Å². The van der Waals surface area contributed by atoms with Crippen LogP contribution in [0.3, 0.4) is 0 Å². The van der Waals surface area contributed by atoms with Crippen molar-refractivity contribution in [3.05, 3.63) is 0 Å². The number of aliphatic carboxylic acids is 1. The first-order valence-corrected chi connectivity index (χ1v) is 3.27. The van der Waals surface area contributed by atoms with Gasteiger partial charge in [0.25, 0.3) is 0 Å². The van der Waals surface area contributed by atoms with Crippen molar-refractivity contribution in [1.82, 2.24) is 0 Å². The fourth-order valence-corrected chi connectivity index (χ4v) is 1.08. The Morgan fingerprint density at radius 3 is 2.20 bits per heavy atom. The van der Waals surface area contributed by atoms with Crippen LogP contribution >= 0.6 is 0 Å². The Kier molecular flexibility index (Phi) is 1.66. The molecule has 1 aliphatic carbocycles. The van der Waals surface area contributed by atoms with Crippen molar-refractivity contribution >= 4 is 5.97 Å². The molecular formula is C6H11NO3. The molecule has 1 rings (SSSR count). The first-order chi connectivity index (χ1) is 4.56. The quantitative estimate of drug-likeness (QED) is 0.480. The van der Waals surface area contributed by atoms with Crippen molar-refractivity contribution in [2.24, 2.45) is 5.73 Å². The fraction of sp³-hybridized carbons (Fsp3) is 0.833. The van der Waals surface area contributed by atoms with Crippen LogP contribution in [0.4, 0.5) is 0 Å². The van der Waals surface area contributed by atoms with E-state index < -0.39 is 17.6 Å². The molecule has 58 valence electrons. The van der Waals surface area contributed by atoms with Crippen molar-refractivity contribution in [1.29, 1.82) is 0 Å². The maximum atomic E-state index is 10.3. The molecule has 1 aliphatic rings. The molecule has 0 bridgehead atoms. The van der Waals surface area contributed by atoms with E-state index in [1.807, 2.05) is 0 Å². The summed E-state index contributed by atoms with van der Waals surface area (Å²) < 4.78 is 0. The Balaban J connectivity index is 2.54. The molecule has 1 atom stereocenters. The first kappa shape index (κ1) is 7.50. The van der Waals surface area contributed by atoms with E-state index >= 15 is 0 Å². The lowest BCUT2D eigenvalue weighted by molar-refractivity contribution is -0.150. The molecule has 4 N–H and O–H groups in total.